The molecule has 0 bridgehead atoms. The van der Waals surface area contributed by atoms with E-state index >= 15 is 0 Å². The lowest BCUT2D eigenvalue weighted by molar-refractivity contribution is 0.249. The van der Waals surface area contributed by atoms with E-state index in [4.69, 9.17) is 0 Å². The lowest BCUT2D eigenvalue weighted by Crippen LogP contribution is -2.21. The maximum atomic E-state index is 2.33. The van der Waals surface area contributed by atoms with Gasteiger partial charge in [0.2, 0.25) is 0 Å². The molecule has 1 aliphatic rings. The summed E-state index contributed by atoms with van der Waals surface area (Å²) in [4.78, 5) is 0. The normalized spacial score (nSPS) is 36.1. The zero-order chi connectivity index (χ0) is 6.85. The average molecular weight is 124 g/mol. The Labute approximate surface area is 58.0 Å². The fraction of sp³-hybridized carbons (Fsp3) is 0.778. The lowest BCUT2D eigenvalue weighted by Gasteiger charge is -2.33. The molecule has 0 nitrogen and oxygen atoms in total. The van der Waals surface area contributed by atoms with Crippen molar-refractivity contribution in [1.29, 1.82) is 0 Å². The molecule has 0 aromatic heterocycles. The predicted molar refractivity (Wildman–Crippen MR) is 41.3 cm³/mol. The first-order valence-corrected chi connectivity index (χ1v) is 3.87. The predicted octanol–water partition coefficient (Wildman–Crippen LogP) is 3.00. The Balaban J connectivity index is 2.32. The van der Waals surface area contributed by atoms with Gasteiger partial charge in [0.25, 0.3) is 0 Å². The highest BCUT2D eigenvalue weighted by Gasteiger charge is 2.25. The summed E-state index contributed by atoms with van der Waals surface area (Å²) in [5, 5.41) is 0. The van der Waals surface area contributed by atoms with Crippen LogP contribution in [0, 0.1) is 11.8 Å². The van der Waals surface area contributed by atoms with Crippen LogP contribution in [0.4, 0.5) is 0 Å². The molecule has 0 unspecified atom stereocenters. The summed E-state index contributed by atoms with van der Waals surface area (Å²) < 4.78 is 0. The molecule has 0 amide bonds. The minimum Gasteiger partial charge on any atom is -0.0885 e. The second-order valence-corrected chi connectivity index (χ2v) is 3.31. The van der Waals surface area contributed by atoms with Crippen LogP contribution in [-0.2, 0) is 0 Å². The van der Waals surface area contributed by atoms with Crippen molar-refractivity contribution in [2.45, 2.75) is 33.6 Å². The number of hydrogen-bond acceptors (Lipinski definition) is 0. The molecule has 1 aliphatic carbocycles. The summed E-state index contributed by atoms with van der Waals surface area (Å²) in [5.74, 6) is 1.93. The Morgan fingerprint density at radius 1 is 1.44 bits per heavy atom. The third kappa shape index (κ3) is 1.35. The summed E-state index contributed by atoms with van der Waals surface area (Å²) in [6.45, 7) is 6.72. The Bertz CT molecular complexity index is 116. The molecule has 9 heavy (non-hydrogen) atoms. The van der Waals surface area contributed by atoms with Crippen LogP contribution in [0.3, 0.4) is 0 Å². The topological polar surface area (TPSA) is 0 Å². The van der Waals surface area contributed by atoms with Crippen molar-refractivity contribution in [3.63, 3.8) is 0 Å². The molecule has 0 N–H and O–H groups in total. The molecule has 0 aromatic rings. The zero-order valence-corrected chi connectivity index (χ0v) is 6.65. The quantitative estimate of drug-likeness (QED) is 0.471. The fourth-order valence-corrected chi connectivity index (χ4v) is 1.51. The highest BCUT2D eigenvalue weighted by Crippen LogP contribution is 2.37. The number of hydrogen-bond donors (Lipinski definition) is 0. The first-order chi connectivity index (χ1) is 4.24. The molecule has 1 rings (SSSR count). The van der Waals surface area contributed by atoms with E-state index in [2.05, 4.69) is 26.8 Å². The van der Waals surface area contributed by atoms with Crippen molar-refractivity contribution < 1.29 is 0 Å². The second kappa shape index (κ2) is 2.55. The molecule has 1 saturated carbocycles. The van der Waals surface area contributed by atoms with Gasteiger partial charge in [-0.25, -0.2) is 0 Å². The van der Waals surface area contributed by atoms with Crippen molar-refractivity contribution in [1.82, 2.24) is 0 Å². The molecular formula is C9H16. The highest BCUT2D eigenvalue weighted by atomic mass is 14.3. The van der Waals surface area contributed by atoms with Gasteiger partial charge in [-0.15, -0.1) is 0 Å². The summed E-state index contributed by atoms with van der Waals surface area (Å²) in [7, 11) is 0. The van der Waals surface area contributed by atoms with Crippen LogP contribution in [-0.4, -0.2) is 0 Å². The third-order valence-corrected chi connectivity index (χ3v) is 2.47. The molecule has 0 saturated heterocycles. The third-order valence-electron chi connectivity index (χ3n) is 2.47. The summed E-state index contributed by atoms with van der Waals surface area (Å²) in [5.41, 5.74) is 1.59. The first kappa shape index (κ1) is 6.85. The summed E-state index contributed by atoms with van der Waals surface area (Å²) in [6, 6.07) is 0. The van der Waals surface area contributed by atoms with Crippen molar-refractivity contribution >= 4 is 0 Å². The van der Waals surface area contributed by atoms with E-state index in [1.54, 1.807) is 5.57 Å². The summed E-state index contributed by atoms with van der Waals surface area (Å²) in [6.07, 6.45) is 5.10. The Hall–Kier alpha value is -0.260. The standard InChI is InChI=1S/C9H16/c1-4-8(3)9-5-7(2)6-9/h4,7,9H,5-6H2,1-3H3. The van der Waals surface area contributed by atoms with Gasteiger partial charge in [0, 0.05) is 0 Å². The van der Waals surface area contributed by atoms with E-state index in [0.717, 1.165) is 11.8 Å². The molecule has 0 aromatic carbocycles. The van der Waals surface area contributed by atoms with Crippen molar-refractivity contribution in [3.8, 4) is 0 Å². The second-order valence-electron chi connectivity index (χ2n) is 3.31. The molecule has 52 valence electrons. The fourth-order valence-electron chi connectivity index (χ4n) is 1.51. The van der Waals surface area contributed by atoms with Crippen LogP contribution in [0.1, 0.15) is 33.6 Å². The smallest absolute Gasteiger partial charge is 0.0201 e. The van der Waals surface area contributed by atoms with Gasteiger partial charge in [-0.3, -0.25) is 0 Å². The van der Waals surface area contributed by atoms with E-state index in [1.165, 1.54) is 12.8 Å². The van der Waals surface area contributed by atoms with Crippen LogP contribution in [0.25, 0.3) is 0 Å². The van der Waals surface area contributed by atoms with Gasteiger partial charge in [0.05, 0.1) is 0 Å². The van der Waals surface area contributed by atoms with Gasteiger partial charge in [-0.05, 0) is 38.5 Å². The molecule has 0 radical (unpaired) electrons. The van der Waals surface area contributed by atoms with Gasteiger partial charge >= 0.3 is 0 Å². The summed E-state index contributed by atoms with van der Waals surface area (Å²) >= 11 is 0. The van der Waals surface area contributed by atoms with Gasteiger partial charge in [0.1, 0.15) is 0 Å². The van der Waals surface area contributed by atoms with Gasteiger partial charge in [-0.1, -0.05) is 18.6 Å². The molecule has 0 aliphatic heterocycles. The first-order valence-electron chi connectivity index (χ1n) is 3.87. The van der Waals surface area contributed by atoms with Crippen molar-refractivity contribution in [3.05, 3.63) is 11.6 Å². The van der Waals surface area contributed by atoms with Crippen molar-refractivity contribution in [2.75, 3.05) is 0 Å². The molecule has 0 heteroatoms. The average Bonchev–Trinajstić information content (AvgIpc) is 1.79. The van der Waals surface area contributed by atoms with Gasteiger partial charge in [-0.2, -0.15) is 0 Å². The van der Waals surface area contributed by atoms with E-state index in [-0.39, 0.29) is 0 Å². The molecule has 0 atom stereocenters. The van der Waals surface area contributed by atoms with Gasteiger partial charge in [0.15, 0.2) is 0 Å². The zero-order valence-electron chi connectivity index (χ0n) is 6.65. The van der Waals surface area contributed by atoms with Crippen LogP contribution >= 0.6 is 0 Å². The number of rotatable bonds is 1. The van der Waals surface area contributed by atoms with Crippen LogP contribution in [0.2, 0.25) is 0 Å². The maximum Gasteiger partial charge on any atom is -0.0201 e. The Morgan fingerprint density at radius 2 is 2.00 bits per heavy atom. The number of allylic oxidation sites excluding steroid dienone is 2. The monoisotopic (exact) mass is 124 g/mol. The molecule has 0 heterocycles. The van der Waals surface area contributed by atoms with E-state index in [0.29, 0.717) is 0 Å². The van der Waals surface area contributed by atoms with Crippen LogP contribution in [0.5, 0.6) is 0 Å². The highest BCUT2D eigenvalue weighted by molar-refractivity contribution is 5.06. The van der Waals surface area contributed by atoms with Crippen molar-refractivity contribution in [2.24, 2.45) is 11.8 Å². The van der Waals surface area contributed by atoms with Crippen LogP contribution < -0.4 is 0 Å². The van der Waals surface area contributed by atoms with E-state index in [1.807, 2.05) is 0 Å². The van der Waals surface area contributed by atoms with Gasteiger partial charge < -0.3 is 0 Å². The molecular weight excluding hydrogens is 108 g/mol. The van der Waals surface area contributed by atoms with Crippen LogP contribution in [0.15, 0.2) is 11.6 Å². The largest absolute Gasteiger partial charge is 0.0885 e. The minimum atomic E-state index is 0.935. The Morgan fingerprint density at radius 3 is 2.33 bits per heavy atom. The lowest BCUT2D eigenvalue weighted by atomic mass is 9.72. The van der Waals surface area contributed by atoms with E-state index < -0.39 is 0 Å². The minimum absolute atomic E-state index is 0.935. The SMILES string of the molecule is CC=C(C)C1CC(C)C1. The molecule has 1 fully saturated rings. The maximum absolute atomic E-state index is 2.33. The Kier molecular flexibility index (Phi) is 1.94. The molecule has 0 spiro atoms. The van der Waals surface area contributed by atoms with E-state index in [9.17, 15) is 0 Å².